The molecule has 3 aliphatic rings. The Bertz CT molecular complexity index is 722. The number of halogens is 1. The Morgan fingerprint density at radius 2 is 1.92 bits per heavy atom. The van der Waals surface area contributed by atoms with Gasteiger partial charge in [0.15, 0.2) is 6.61 Å². The van der Waals surface area contributed by atoms with Crippen molar-refractivity contribution in [2.75, 3.05) is 13.2 Å². The lowest BCUT2D eigenvalue weighted by atomic mass is 9.66. The molecule has 0 N–H and O–H groups in total. The van der Waals surface area contributed by atoms with E-state index in [0.717, 1.165) is 25.7 Å². The average molecular weight is 360 g/mol. The molecule has 140 valence electrons. The van der Waals surface area contributed by atoms with E-state index in [-0.39, 0.29) is 47.8 Å². The summed E-state index contributed by atoms with van der Waals surface area (Å²) in [5.74, 6) is 0.210. The second-order valence-corrected chi connectivity index (χ2v) is 8.04. The van der Waals surface area contributed by atoms with Gasteiger partial charge in [0.2, 0.25) is 5.91 Å². The number of likely N-dealkylation sites (tertiary alicyclic amines) is 2. The summed E-state index contributed by atoms with van der Waals surface area (Å²) in [5.41, 5.74) is -0.0294. The van der Waals surface area contributed by atoms with E-state index in [1.54, 1.807) is 6.92 Å². The minimum Gasteiger partial charge on any atom is -0.484 e. The van der Waals surface area contributed by atoms with Crippen molar-refractivity contribution in [1.82, 2.24) is 9.80 Å². The molecule has 1 aliphatic carbocycles. The second-order valence-electron chi connectivity index (χ2n) is 8.04. The molecule has 2 aliphatic heterocycles. The molecular weight excluding hydrogens is 335 g/mol. The molecule has 26 heavy (non-hydrogen) atoms. The zero-order valence-electron chi connectivity index (χ0n) is 15.3. The first-order chi connectivity index (χ1) is 12.4. The smallest absolute Gasteiger partial charge is 0.260 e. The lowest BCUT2D eigenvalue weighted by Crippen LogP contribution is -2.58. The maximum atomic E-state index is 13.0. The molecule has 2 heterocycles. The van der Waals surface area contributed by atoms with E-state index in [1.807, 2.05) is 9.80 Å². The van der Waals surface area contributed by atoms with Gasteiger partial charge in [-0.2, -0.15) is 0 Å². The summed E-state index contributed by atoms with van der Waals surface area (Å²) < 4.78 is 18.6. The van der Waals surface area contributed by atoms with Gasteiger partial charge in [-0.3, -0.25) is 9.59 Å². The molecule has 1 aromatic rings. The van der Waals surface area contributed by atoms with Gasteiger partial charge >= 0.3 is 0 Å². The van der Waals surface area contributed by atoms with Gasteiger partial charge in [0.05, 0.1) is 6.04 Å². The number of piperidine rings is 1. The number of hydrogen-bond acceptors (Lipinski definition) is 3. The Labute approximate surface area is 153 Å². The van der Waals surface area contributed by atoms with Crippen LogP contribution in [0.15, 0.2) is 24.3 Å². The van der Waals surface area contributed by atoms with Crippen molar-refractivity contribution in [1.29, 1.82) is 0 Å². The summed E-state index contributed by atoms with van der Waals surface area (Å²) in [4.78, 5) is 29.1. The number of rotatable bonds is 3. The van der Waals surface area contributed by atoms with Gasteiger partial charge in [-0.1, -0.05) is 6.92 Å². The fourth-order valence-electron chi connectivity index (χ4n) is 5.51. The van der Waals surface area contributed by atoms with Crippen molar-refractivity contribution in [3.63, 3.8) is 0 Å². The molecule has 0 spiro atoms. The highest BCUT2D eigenvalue weighted by atomic mass is 19.1. The first kappa shape index (κ1) is 17.3. The third-order valence-corrected chi connectivity index (χ3v) is 6.53. The molecule has 2 bridgehead atoms. The number of hydrogen-bond donors (Lipinski definition) is 0. The van der Waals surface area contributed by atoms with Crippen LogP contribution in [0.3, 0.4) is 0 Å². The molecule has 6 heteroatoms. The van der Waals surface area contributed by atoms with Crippen LogP contribution in [0.4, 0.5) is 4.39 Å². The Kier molecular flexibility index (Phi) is 4.16. The van der Waals surface area contributed by atoms with Gasteiger partial charge in [-0.25, -0.2) is 4.39 Å². The molecule has 3 fully saturated rings. The van der Waals surface area contributed by atoms with Crippen molar-refractivity contribution in [2.45, 2.75) is 57.7 Å². The monoisotopic (exact) mass is 360 g/mol. The first-order valence-corrected chi connectivity index (χ1v) is 9.37. The lowest BCUT2D eigenvalue weighted by molar-refractivity contribution is -0.142. The van der Waals surface area contributed by atoms with Crippen molar-refractivity contribution in [3.8, 4) is 5.75 Å². The molecule has 1 saturated carbocycles. The van der Waals surface area contributed by atoms with E-state index in [9.17, 15) is 14.0 Å². The Hall–Kier alpha value is -2.11. The summed E-state index contributed by atoms with van der Waals surface area (Å²) in [6, 6.07) is 6.18. The predicted octanol–water partition coefficient (Wildman–Crippen LogP) is 2.59. The van der Waals surface area contributed by atoms with Crippen LogP contribution in [-0.2, 0) is 9.59 Å². The van der Waals surface area contributed by atoms with Crippen LogP contribution >= 0.6 is 0 Å². The SMILES string of the molecule is CC(=O)N1[C@@H]2CN(C(=O)COc3ccc(F)cc3)[C@@H]3CCC[C@H]1[C@]3(C)C2. The van der Waals surface area contributed by atoms with Crippen LogP contribution in [0.25, 0.3) is 0 Å². The fourth-order valence-corrected chi connectivity index (χ4v) is 5.51. The van der Waals surface area contributed by atoms with E-state index in [2.05, 4.69) is 6.92 Å². The van der Waals surface area contributed by atoms with Gasteiger partial charge in [-0.15, -0.1) is 0 Å². The normalized spacial score (nSPS) is 32.5. The van der Waals surface area contributed by atoms with Gasteiger partial charge in [0.25, 0.3) is 5.91 Å². The third-order valence-electron chi connectivity index (χ3n) is 6.53. The van der Waals surface area contributed by atoms with E-state index >= 15 is 0 Å². The number of nitrogens with zero attached hydrogens (tertiary/aromatic N) is 2. The zero-order valence-corrected chi connectivity index (χ0v) is 15.3. The largest absolute Gasteiger partial charge is 0.484 e. The molecule has 0 aromatic heterocycles. The molecule has 5 nitrogen and oxygen atoms in total. The van der Waals surface area contributed by atoms with Crippen molar-refractivity contribution >= 4 is 11.8 Å². The van der Waals surface area contributed by atoms with Crippen molar-refractivity contribution < 1.29 is 18.7 Å². The quantitative estimate of drug-likeness (QED) is 0.833. The highest BCUT2D eigenvalue weighted by molar-refractivity contribution is 5.79. The third kappa shape index (κ3) is 2.66. The van der Waals surface area contributed by atoms with Gasteiger partial charge < -0.3 is 14.5 Å². The van der Waals surface area contributed by atoms with E-state index < -0.39 is 0 Å². The highest BCUT2D eigenvalue weighted by Gasteiger charge is 2.61. The van der Waals surface area contributed by atoms with Crippen LogP contribution in [0.1, 0.15) is 39.5 Å². The van der Waals surface area contributed by atoms with Gasteiger partial charge in [-0.05, 0) is 49.9 Å². The Morgan fingerprint density at radius 3 is 2.62 bits per heavy atom. The molecule has 2 amide bonds. The molecule has 2 saturated heterocycles. The highest BCUT2D eigenvalue weighted by Crippen LogP contribution is 2.54. The number of amides is 2. The standard InChI is InChI=1S/C20H25FN2O3/c1-13(24)23-15-10-20(2)17(4-3-5-18(20)23)22(11-15)19(25)12-26-16-8-6-14(21)7-9-16/h6-9,15,17-18H,3-5,10-12H2,1-2H3/t15-,17+,18-,20+/m0/s1. The summed E-state index contributed by atoms with van der Waals surface area (Å²) >= 11 is 0. The van der Waals surface area contributed by atoms with Crippen LogP contribution in [0.5, 0.6) is 5.75 Å². The second kappa shape index (κ2) is 6.25. The van der Waals surface area contributed by atoms with Crippen LogP contribution in [-0.4, -0.2) is 52.9 Å². The van der Waals surface area contributed by atoms with Gasteiger partial charge in [0.1, 0.15) is 11.6 Å². The summed E-state index contributed by atoms with van der Waals surface area (Å²) in [6.07, 6.45) is 4.01. The number of carbonyl (C=O) groups is 2. The zero-order chi connectivity index (χ0) is 18.5. The van der Waals surface area contributed by atoms with Crippen LogP contribution < -0.4 is 4.74 Å². The minimum atomic E-state index is -0.332. The molecule has 1 aromatic carbocycles. The molecule has 0 radical (unpaired) electrons. The summed E-state index contributed by atoms with van der Waals surface area (Å²) in [5, 5.41) is 0. The van der Waals surface area contributed by atoms with E-state index in [0.29, 0.717) is 12.3 Å². The van der Waals surface area contributed by atoms with Crippen molar-refractivity contribution in [3.05, 3.63) is 30.1 Å². The molecular formula is C20H25FN2O3. The minimum absolute atomic E-state index is 0.0294. The topological polar surface area (TPSA) is 49.9 Å². The van der Waals surface area contributed by atoms with E-state index in [1.165, 1.54) is 24.3 Å². The van der Waals surface area contributed by atoms with Crippen LogP contribution in [0.2, 0.25) is 0 Å². The number of carbonyl (C=O) groups excluding carboxylic acids is 2. The Morgan fingerprint density at radius 1 is 1.23 bits per heavy atom. The average Bonchev–Trinajstić information content (AvgIpc) is 2.90. The molecule has 4 rings (SSSR count). The van der Waals surface area contributed by atoms with E-state index in [4.69, 9.17) is 4.74 Å². The maximum absolute atomic E-state index is 13.0. The first-order valence-electron chi connectivity index (χ1n) is 9.37. The predicted molar refractivity (Wildman–Crippen MR) is 94.1 cm³/mol. The maximum Gasteiger partial charge on any atom is 0.260 e. The van der Waals surface area contributed by atoms with Crippen LogP contribution in [0, 0.1) is 11.2 Å². The Balaban J connectivity index is 1.51. The fraction of sp³-hybridized carbons (Fsp3) is 0.600. The number of fused-ring (bicyclic) bond motifs is 1. The molecule has 4 atom stereocenters. The molecule has 0 unspecified atom stereocenters. The number of ether oxygens (including phenoxy) is 1. The summed E-state index contributed by atoms with van der Waals surface area (Å²) in [6.45, 7) is 4.40. The number of benzene rings is 1. The van der Waals surface area contributed by atoms with Crippen molar-refractivity contribution in [2.24, 2.45) is 5.41 Å². The van der Waals surface area contributed by atoms with Gasteiger partial charge in [0, 0.05) is 31.0 Å². The lowest BCUT2D eigenvalue weighted by Gasteiger charge is -2.49. The summed E-state index contributed by atoms with van der Waals surface area (Å²) in [7, 11) is 0.